The summed E-state index contributed by atoms with van der Waals surface area (Å²) in [5.74, 6) is 0.461. The Labute approximate surface area is 152 Å². The van der Waals surface area contributed by atoms with Crippen molar-refractivity contribution in [2.24, 2.45) is 0 Å². The minimum Gasteiger partial charge on any atom is -0.352 e. The Balaban J connectivity index is 2.06. The lowest BCUT2D eigenvalue weighted by Crippen LogP contribution is -2.25. The molecule has 0 atom stereocenters. The van der Waals surface area contributed by atoms with Crippen molar-refractivity contribution in [3.05, 3.63) is 69.8 Å². The lowest BCUT2D eigenvalue weighted by molar-refractivity contribution is 0.0953. The predicted octanol–water partition coefficient (Wildman–Crippen LogP) is 3.53. The first kappa shape index (κ1) is 17.9. The van der Waals surface area contributed by atoms with Crippen molar-refractivity contribution in [2.45, 2.75) is 33.6 Å². The molecule has 0 saturated heterocycles. The molecule has 0 radical (unpaired) electrons. The number of aryl methyl sites for hydroxylation is 2. The lowest BCUT2D eigenvalue weighted by atomic mass is 10.1. The fourth-order valence-corrected chi connectivity index (χ4v) is 3.02. The van der Waals surface area contributed by atoms with E-state index in [9.17, 15) is 9.59 Å². The largest absolute Gasteiger partial charge is 0.352 e. The highest BCUT2D eigenvalue weighted by Gasteiger charge is 2.13. The van der Waals surface area contributed by atoms with Gasteiger partial charge in [-0.15, -0.1) is 0 Å². The Bertz CT molecular complexity index is 1020. The van der Waals surface area contributed by atoms with Gasteiger partial charge in [0.05, 0.1) is 16.6 Å². The average molecular weight is 349 g/mol. The van der Waals surface area contributed by atoms with Gasteiger partial charge in [-0.05, 0) is 50.1 Å². The number of nitrogens with zero attached hydrogens (tertiary/aromatic N) is 2. The van der Waals surface area contributed by atoms with E-state index in [0.29, 0.717) is 28.8 Å². The van der Waals surface area contributed by atoms with Crippen molar-refractivity contribution >= 4 is 16.8 Å². The molecule has 5 nitrogen and oxygen atoms in total. The summed E-state index contributed by atoms with van der Waals surface area (Å²) in [5, 5.41) is 3.39. The van der Waals surface area contributed by atoms with Crippen LogP contribution >= 0.6 is 0 Å². The van der Waals surface area contributed by atoms with Crippen LogP contribution in [-0.2, 0) is 0 Å². The predicted molar refractivity (Wildman–Crippen MR) is 104 cm³/mol. The van der Waals surface area contributed by atoms with Crippen molar-refractivity contribution in [3.63, 3.8) is 0 Å². The third-order valence-corrected chi connectivity index (χ3v) is 4.47. The number of hydrogen-bond donors (Lipinski definition) is 1. The fraction of sp³-hybridized carbons (Fsp3) is 0.286. The third-order valence-electron chi connectivity index (χ3n) is 4.47. The van der Waals surface area contributed by atoms with E-state index in [-0.39, 0.29) is 11.5 Å². The van der Waals surface area contributed by atoms with Crippen LogP contribution in [0.2, 0.25) is 0 Å². The fourth-order valence-electron chi connectivity index (χ4n) is 3.02. The van der Waals surface area contributed by atoms with Crippen LogP contribution < -0.4 is 10.9 Å². The van der Waals surface area contributed by atoms with E-state index in [0.717, 1.165) is 24.1 Å². The molecule has 134 valence electrons. The number of benzene rings is 2. The summed E-state index contributed by atoms with van der Waals surface area (Å²) in [6.45, 7) is 6.50. The monoisotopic (exact) mass is 349 g/mol. The first-order valence-corrected chi connectivity index (χ1v) is 8.90. The van der Waals surface area contributed by atoms with Crippen molar-refractivity contribution < 1.29 is 4.79 Å². The molecule has 0 fully saturated rings. The van der Waals surface area contributed by atoms with Gasteiger partial charge in [-0.2, -0.15) is 0 Å². The summed E-state index contributed by atoms with van der Waals surface area (Å²) in [6.07, 6.45) is 1.97. The van der Waals surface area contributed by atoms with Crippen LogP contribution in [0.4, 0.5) is 0 Å². The maximum absolute atomic E-state index is 13.0. The number of carbonyl (C=O) groups excluding carboxylic acids is 1. The summed E-state index contributed by atoms with van der Waals surface area (Å²) in [6, 6.07) is 12.8. The number of aromatic nitrogens is 2. The lowest BCUT2D eigenvalue weighted by Gasteiger charge is -2.13. The Morgan fingerprint density at radius 2 is 1.92 bits per heavy atom. The molecule has 1 heterocycles. The minimum atomic E-state index is -0.136. The molecule has 5 heteroatoms. The van der Waals surface area contributed by atoms with Crippen LogP contribution in [0.3, 0.4) is 0 Å². The van der Waals surface area contributed by atoms with Crippen LogP contribution in [0.25, 0.3) is 16.6 Å². The number of fused-ring (bicyclic) bond motifs is 1. The van der Waals surface area contributed by atoms with Crippen molar-refractivity contribution in [2.75, 3.05) is 6.54 Å². The van der Waals surface area contributed by atoms with E-state index in [4.69, 9.17) is 0 Å². The molecule has 0 aliphatic heterocycles. The summed E-state index contributed by atoms with van der Waals surface area (Å²) in [4.78, 5) is 29.8. The molecule has 0 bridgehead atoms. The molecular formula is C21H23N3O2. The van der Waals surface area contributed by atoms with Crippen molar-refractivity contribution in [1.82, 2.24) is 14.9 Å². The molecule has 0 saturated carbocycles. The quantitative estimate of drug-likeness (QED) is 0.717. The van der Waals surface area contributed by atoms with Gasteiger partial charge in [-0.3, -0.25) is 14.2 Å². The molecule has 3 aromatic rings. The van der Waals surface area contributed by atoms with Gasteiger partial charge in [0.25, 0.3) is 11.5 Å². The SMILES string of the molecule is CCCCNC(=O)c1ccc2c(=O)n(-c3ccccc3C)c(C)nc2c1. The molecule has 0 unspecified atom stereocenters. The van der Waals surface area contributed by atoms with Gasteiger partial charge in [0.1, 0.15) is 5.82 Å². The number of rotatable bonds is 5. The first-order valence-electron chi connectivity index (χ1n) is 8.90. The topological polar surface area (TPSA) is 64.0 Å². The second kappa shape index (κ2) is 7.52. The molecule has 2 aromatic carbocycles. The normalized spacial score (nSPS) is 10.9. The van der Waals surface area contributed by atoms with E-state index in [2.05, 4.69) is 17.2 Å². The summed E-state index contributed by atoms with van der Waals surface area (Å²) < 4.78 is 1.62. The number of nitrogens with one attached hydrogen (secondary N) is 1. The molecule has 1 amide bonds. The second-order valence-corrected chi connectivity index (χ2v) is 6.43. The maximum atomic E-state index is 13.0. The van der Waals surface area contributed by atoms with Gasteiger partial charge >= 0.3 is 0 Å². The first-order chi connectivity index (χ1) is 12.5. The zero-order valence-electron chi connectivity index (χ0n) is 15.4. The maximum Gasteiger partial charge on any atom is 0.265 e. The average Bonchev–Trinajstić information content (AvgIpc) is 2.63. The molecule has 1 aromatic heterocycles. The minimum absolute atomic E-state index is 0.125. The highest BCUT2D eigenvalue weighted by molar-refractivity contribution is 5.97. The third kappa shape index (κ3) is 3.38. The molecule has 1 N–H and O–H groups in total. The van der Waals surface area contributed by atoms with Crippen LogP contribution in [0.15, 0.2) is 47.3 Å². The number of carbonyl (C=O) groups is 1. The van der Waals surface area contributed by atoms with Gasteiger partial charge in [0.2, 0.25) is 0 Å². The summed E-state index contributed by atoms with van der Waals surface area (Å²) in [7, 11) is 0. The Kier molecular flexibility index (Phi) is 5.16. The Hall–Kier alpha value is -2.95. The zero-order chi connectivity index (χ0) is 18.7. The molecule has 0 spiro atoms. The molecule has 0 aliphatic carbocycles. The second-order valence-electron chi connectivity index (χ2n) is 6.43. The van der Waals surface area contributed by atoms with E-state index in [1.54, 1.807) is 29.7 Å². The highest BCUT2D eigenvalue weighted by atomic mass is 16.1. The molecule has 3 rings (SSSR count). The van der Waals surface area contributed by atoms with Crippen LogP contribution in [-0.4, -0.2) is 22.0 Å². The van der Waals surface area contributed by atoms with Crippen LogP contribution in [0, 0.1) is 13.8 Å². The van der Waals surface area contributed by atoms with E-state index in [1.807, 2.05) is 31.2 Å². The van der Waals surface area contributed by atoms with E-state index in [1.165, 1.54) is 0 Å². The molecular weight excluding hydrogens is 326 g/mol. The van der Waals surface area contributed by atoms with Gasteiger partial charge in [-0.25, -0.2) is 4.98 Å². The van der Waals surface area contributed by atoms with Crippen molar-refractivity contribution in [1.29, 1.82) is 0 Å². The summed E-state index contributed by atoms with van der Waals surface area (Å²) in [5.41, 5.74) is 2.77. The van der Waals surface area contributed by atoms with Crippen molar-refractivity contribution in [3.8, 4) is 5.69 Å². The molecule has 0 aliphatic rings. The summed E-state index contributed by atoms with van der Waals surface area (Å²) >= 11 is 0. The van der Waals surface area contributed by atoms with Crippen LogP contribution in [0.1, 0.15) is 41.5 Å². The highest BCUT2D eigenvalue weighted by Crippen LogP contribution is 2.17. The van der Waals surface area contributed by atoms with Gasteiger partial charge in [0.15, 0.2) is 0 Å². The number of amides is 1. The molecule has 26 heavy (non-hydrogen) atoms. The number of hydrogen-bond acceptors (Lipinski definition) is 3. The Morgan fingerprint density at radius 1 is 1.15 bits per heavy atom. The van der Waals surface area contributed by atoms with E-state index < -0.39 is 0 Å². The van der Waals surface area contributed by atoms with Crippen LogP contribution in [0.5, 0.6) is 0 Å². The standard InChI is InChI=1S/C21H23N3O2/c1-4-5-12-22-20(25)16-10-11-17-18(13-16)23-15(3)24(21(17)26)19-9-7-6-8-14(19)2/h6-11,13H,4-5,12H2,1-3H3,(H,22,25). The number of para-hydroxylation sites is 1. The van der Waals surface area contributed by atoms with Gasteiger partial charge in [-0.1, -0.05) is 31.5 Å². The Morgan fingerprint density at radius 3 is 2.65 bits per heavy atom. The van der Waals surface area contributed by atoms with E-state index >= 15 is 0 Å². The van der Waals surface area contributed by atoms with Gasteiger partial charge < -0.3 is 5.32 Å². The number of unbranched alkanes of at least 4 members (excludes halogenated alkanes) is 1. The smallest absolute Gasteiger partial charge is 0.265 e. The zero-order valence-corrected chi connectivity index (χ0v) is 15.4. The van der Waals surface area contributed by atoms with Gasteiger partial charge in [0, 0.05) is 12.1 Å².